The van der Waals surface area contributed by atoms with E-state index in [1.165, 1.54) is 5.56 Å². The van der Waals surface area contributed by atoms with Crippen LogP contribution in [-0.2, 0) is 0 Å². The highest BCUT2D eigenvalue weighted by atomic mass is 32.2. The largest absolute Gasteiger partial charge is 0.495 e. The molecule has 0 aliphatic carbocycles. The van der Waals surface area contributed by atoms with Gasteiger partial charge in [0.05, 0.1) is 12.8 Å². The third kappa shape index (κ3) is 4.03. The smallest absolute Gasteiger partial charge is 0.210 e. The lowest BCUT2D eigenvalue weighted by Crippen LogP contribution is -1.93. The molecule has 0 amide bonds. The Balaban J connectivity index is 1.69. The average Bonchev–Trinajstić information content (AvgIpc) is 3.03. The molecule has 1 N–H and O–H groups in total. The van der Waals surface area contributed by atoms with Gasteiger partial charge < -0.3 is 10.1 Å². The Morgan fingerprint density at radius 1 is 1.04 bits per heavy atom. The van der Waals surface area contributed by atoms with Gasteiger partial charge in [-0.2, -0.15) is 0 Å². The molecule has 1 heterocycles. The lowest BCUT2D eigenvalue weighted by Gasteiger charge is -2.08. The summed E-state index contributed by atoms with van der Waals surface area (Å²) in [7, 11) is 1.66. The van der Waals surface area contributed by atoms with Gasteiger partial charge in [0.15, 0.2) is 4.34 Å². The van der Waals surface area contributed by atoms with Gasteiger partial charge in [-0.1, -0.05) is 65.6 Å². The van der Waals surface area contributed by atoms with Crippen LogP contribution in [0.2, 0.25) is 0 Å². The molecule has 0 aliphatic heterocycles. The minimum Gasteiger partial charge on any atom is -0.495 e. The number of anilines is 2. The average molecular weight is 343 g/mol. The van der Waals surface area contributed by atoms with Gasteiger partial charge in [0.1, 0.15) is 5.75 Å². The van der Waals surface area contributed by atoms with Crippen molar-refractivity contribution in [3.05, 3.63) is 60.2 Å². The van der Waals surface area contributed by atoms with Crippen LogP contribution in [0.3, 0.4) is 0 Å². The molecule has 0 spiro atoms. The predicted molar refractivity (Wildman–Crippen MR) is 96.9 cm³/mol. The van der Waals surface area contributed by atoms with E-state index < -0.39 is 0 Å². The maximum absolute atomic E-state index is 5.34. The van der Waals surface area contributed by atoms with Crippen LogP contribution in [0.25, 0.3) is 0 Å². The van der Waals surface area contributed by atoms with Crippen LogP contribution in [0.1, 0.15) is 17.7 Å². The number of benzene rings is 2. The fraction of sp³-hybridized carbons (Fsp3) is 0.176. The molecular formula is C17H17N3OS2. The van der Waals surface area contributed by atoms with E-state index in [1.54, 1.807) is 30.2 Å². The Labute approximate surface area is 143 Å². The molecule has 23 heavy (non-hydrogen) atoms. The van der Waals surface area contributed by atoms with Crippen molar-refractivity contribution in [1.29, 1.82) is 0 Å². The Bertz CT molecular complexity index is 761. The number of aromatic nitrogens is 2. The molecule has 1 aromatic heterocycles. The van der Waals surface area contributed by atoms with E-state index in [1.807, 2.05) is 30.3 Å². The molecular weight excluding hydrogens is 326 g/mol. The predicted octanol–water partition coefficient (Wildman–Crippen LogP) is 5.14. The van der Waals surface area contributed by atoms with Crippen LogP contribution in [-0.4, -0.2) is 17.3 Å². The highest BCUT2D eigenvalue weighted by Crippen LogP contribution is 2.38. The van der Waals surface area contributed by atoms with E-state index in [-0.39, 0.29) is 0 Å². The molecule has 3 rings (SSSR count). The molecule has 4 nitrogen and oxygen atoms in total. The Morgan fingerprint density at radius 3 is 2.57 bits per heavy atom. The van der Waals surface area contributed by atoms with Crippen LogP contribution in [0.5, 0.6) is 5.75 Å². The molecule has 0 bridgehead atoms. The normalized spacial score (nSPS) is 11.9. The first-order valence-corrected chi connectivity index (χ1v) is 8.91. The number of thioether (sulfide) groups is 1. The van der Waals surface area contributed by atoms with Crippen molar-refractivity contribution < 1.29 is 4.74 Å². The van der Waals surface area contributed by atoms with Crippen LogP contribution >= 0.6 is 23.1 Å². The summed E-state index contributed by atoms with van der Waals surface area (Å²) in [6.45, 7) is 2.18. The zero-order valence-electron chi connectivity index (χ0n) is 12.9. The van der Waals surface area contributed by atoms with Gasteiger partial charge in [0, 0.05) is 5.25 Å². The molecule has 0 saturated heterocycles. The Morgan fingerprint density at radius 2 is 1.78 bits per heavy atom. The number of nitrogens with zero attached hydrogens (tertiary/aromatic N) is 2. The zero-order chi connectivity index (χ0) is 16.1. The summed E-state index contributed by atoms with van der Waals surface area (Å²) in [5.41, 5.74) is 2.17. The minimum atomic E-state index is 0.336. The van der Waals surface area contributed by atoms with E-state index in [9.17, 15) is 0 Å². The number of hydrogen-bond donors (Lipinski definition) is 1. The monoisotopic (exact) mass is 343 g/mol. The summed E-state index contributed by atoms with van der Waals surface area (Å²) in [5.74, 6) is 0.787. The quantitative estimate of drug-likeness (QED) is 0.628. The fourth-order valence-electron chi connectivity index (χ4n) is 2.11. The lowest BCUT2D eigenvalue weighted by molar-refractivity contribution is 0.417. The lowest BCUT2D eigenvalue weighted by atomic mass is 10.2. The Hall–Kier alpha value is -2.05. The molecule has 0 aliphatic rings. The summed E-state index contributed by atoms with van der Waals surface area (Å²) < 4.78 is 6.28. The highest BCUT2D eigenvalue weighted by molar-refractivity contribution is 8.01. The zero-order valence-corrected chi connectivity index (χ0v) is 14.5. The standard InChI is InChI=1S/C17H17N3OS2/c1-12(13-8-4-3-5-9-13)22-17-20-19-16(23-17)18-14-10-6-7-11-15(14)21-2/h3-12H,1-2H3,(H,18,19)/t12-/m0/s1. The molecule has 0 unspecified atom stereocenters. The summed E-state index contributed by atoms with van der Waals surface area (Å²) >= 11 is 3.26. The number of methoxy groups -OCH3 is 1. The van der Waals surface area contributed by atoms with Gasteiger partial charge in [0.25, 0.3) is 0 Å². The molecule has 0 fully saturated rings. The highest BCUT2D eigenvalue weighted by Gasteiger charge is 2.12. The van der Waals surface area contributed by atoms with E-state index >= 15 is 0 Å². The third-order valence-corrected chi connectivity index (χ3v) is 5.38. The third-order valence-electron chi connectivity index (χ3n) is 3.30. The van der Waals surface area contributed by atoms with Crippen molar-refractivity contribution >= 4 is 33.9 Å². The minimum absolute atomic E-state index is 0.336. The topological polar surface area (TPSA) is 47.0 Å². The first-order chi connectivity index (χ1) is 11.3. The molecule has 1 atom stereocenters. The molecule has 6 heteroatoms. The van der Waals surface area contributed by atoms with Crippen LogP contribution in [0, 0.1) is 0 Å². The van der Waals surface area contributed by atoms with Gasteiger partial charge >= 0.3 is 0 Å². The van der Waals surface area contributed by atoms with Gasteiger partial charge in [0.2, 0.25) is 5.13 Å². The van der Waals surface area contributed by atoms with Crippen molar-refractivity contribution in [3.8, 4) is 5.75 Å². The molecule has 0 radical (unpaired) electrons. The van der Waals surface area contributed by atoms with E-state index in [0.29, 0.717) is 5.25 Å². The summed E-state index contributed by atoms with van der Waals surface area (Å²) in [6.07, 6.45) is 0. The number of nitrogens with one attached hydrogen (secondary N) is 1. The number of ether oxygens (including phenoxy) is 1. The number of para-hydroxylation sites is 2. The van der Waals surface area contributed by atoms with Crippen molar-refractivity contribution in [2.45, 2.75) is 16.5 Å². The second-order valence-electron chi connectivity index (χ2n) is 4.87. The second-order valence-corrected chi connectivity index (χ2v) is 7.43. The van der Waals surface area contributed by atoms with E-state index in [4.69, 9.17) is 4.74 Å². The van der Waals surface area contributed by atoms with E-state index in [2.05, 4.69) is 46.7 Å². The SMILES string of the molecule is COc1ccccc1Nc1nnc(S[C@@H](C)c2ccccc2)s1. The molecule has 118 valence electrons. The summed E-state index contributed by atoms with van der Waals surface area (Å²) in [4.78, 5) is 0. The van der Waals surface area contributed by atoms with Gasteiger partial charge in [-0.3, -0.25) is 0 Å². The van der Waals surface area contributed by atoms with Gasteiger partial charge in [-0.25, -0.2) is 0 Å². The van der Waals surface area contributed by atoms with Crippen LogP contribution < -0.4 is 10.1 Å². The number of hydrogen-bond acceptors (Lipinski definition) is 6. The van der Waals surface area contributed by atoms with Crippen molar-refractivity contribution in [1.82, 2.24) is 10.2 Å². The number of rotatable bonds is 6. The summed E-state index contributed by atoms with van der Waals surface area (Å²) in [5, 5.41) is 12.8. The van der Waals surface area contributed by atoms with Gasteiger partial charge in [-0.15, -0.1) is 10.2 Å². The van der Waals surface area contributed by atoms with Crippen molar-refractivity contribution in [3.63, 3.8) is 0 Å². The maximum atomic E-state index is 5.34. The first-order valence-electron chi connectivity index (χ1n) is 7.21. The molecule has 3 aromatic rings. The summed E-state index contributed by atoms with van der Waals surface area (Å²) in [6, 6.07) is 18.2. The van der Waals surface area contributed by atoms with Crippen molar-refractivity contribution in [2.75, 3.05) is 12.4 Å². The fourth-order valence-corrected chi connectivity index (χ4v) is 4.15. The van der Waals surface area contributed by atoms with Gasteiger partial charge in [-0.05, 0) is 24.6 Å². The second kappa shape index (κ2) is 7.48. The maximum Gasteiger partial charge on any atom is 0.210 e. The van der Waals surface area contributed by atoms with Crippen LogP contribution in [0.4, 0.5) is 10.8 Å². The molecule has 0 saturated carbocycles. The van der Waals surface area contributed by atoms with E-state index in [0.717, 1.165) is 20.9 Å². The van der Waals surface area contributed by atoms with Crippen molar-refractivity contribution in [2.24, 2.45) is 0 Å². The Kier molecular flexibility index (Phi) is 5.15. The molecule has 2 aromatic carbocycles. The van der Waals surface area contributed by atoms with Crippen LogP contribution in [0.15, 0.2) is 58.9 Å². The first kappa shape index (κ1) is 15.8.